The van der Waals surface area contributed by atoms with Crippen LogP contribution in [0, 0.1) is 0 Å². The number of benzene rings is 2. The van der Waals surface area contributed by atoms with Gasteiger partial charge in [-0.3, -0.25) is 9.78 Å². The number of pyridine rings is 1. The van der Waals surface area contributed by atoms with Gasteiger partial charge in [0.25, 0.3) is 5.91 Å². The van der Waals surface area contributed by atoms with Crippen LogP contribution in [0.3, 0.4) is 0 Å². The van der Waals surface area contributed by atoms with Crippen molar-refractivity contribution in [3.8, 4) is 0 Å². The molecule has 3 heteroatoms. The number of nitrogens with one attached hydrogen (secondary N) is 1. The molecule has 92 valence electrons. The topological polar surface area (TPSA) is 42.0 Å². The molecule has 0 spiro atoms. The number of aromatic nitrogens is 1. The average Bonchev–Trinajstić information content (AvgIpc) is 2.47. The molecule has 0 saturated heterocycles. The fraction of sp³-hybridized carbons (Fsp3) is 0. The molecule has 2 aromatic carbocycles. The zero-order chi connectivity index (χ0) is 13.1. The summed E-state index contributed by atoms with van der Waals surface area (Å²) in [6.45, 7) is 0. The highest BCUT2D eigenvalue weighted by Crippen LogP contribution is 2.17. The van der Waals surface area contributed by atoms with E-state index in [0.717, 1.165) is 16.6 Å². The van der Waals surface area contributed by atoms with Crippen molar-refractivity contribution < 1.29 is 4.79 Å². The third-order valence-electron chi connectivity index (χ3n) is 2.91. The van der Waals surface area contributed by atoms with E-state index in [-0.39, 0.29) is 5.91 Å². The number of carbonyl (C=O) groups excluding carboxylic acids is 1. The third-order valence-corrected chi connectivity index (χ3v) is 2.91. The Morgan fingerprint density at radius 3 is 2.53 bits per heavy atom. The van der Waals surface area contributed by atoms with Crippen LogP contribution in [0.25, 0.3) is 10.9 Å². The van der Waals surface area contributed by atoms with Crippen LogP contribution in [0.2, 0.25) is 0 Å². The highest BCUT2D eigenvalue weighted by Gasteiger charge is 2.10. The third kappa shape index (κ3) is 2.31. The summed E-state index contributed by atoms with van der Waals surface area (Å²) < 4.78 is 0. The van der Waals surface area contributed by atoms with Gasteiger partial charge in [0, 0.05) is 17.3 Å². The fourth-order valence-corrected chi connectivity index (χ4v) is 2.01. The Balaban J connectivity index is 1.98. The van der Waals surface area contributed by atoms with Crippen molar-refractivity contribution >= 4 is 22.5 Å². The molecule has 0 aliphatic heterocycles. The van der Waals surface area contributed by atoms with Crippen LogP contribution in [-0.2, 0) is 0 Å². The predicted octanol–water partition coefficient (Wildman–Crippen LogP) is 3.49. The summed E-state index contributed by atoms with van der Waals surface area (Å²) in [5.74, 6) is -0.143. The molecule has 1 heterocycles. The number of fused-ring (bicyclic) bond motifs is 1. The maximum Gasteiger partial charge on any atom is 0.257 e. The van der Waals surface area contributed by atoms with Crippen LogP contribution in [0.4, 0.5) is 5.69 Å². The van der Waals surface area contributed by atoms with Crippen LogP contribution in [0.5, 0.6) is 0 Å². The first-order valence-electron chi connectivity index (χ1n) is 6.05. The number of nitrogens with zero attached hydrogens (tertiary/aromatic N) is 1. The van der Waals surface area contributed by atoms with Crippen LogP contribution in [-0.4, -0.2) is 10.9 Å². The molecule has 3 aromatic rings. The summed E-state index contributed by atoms with van der Waals surface area (Å²) >= 11 is 0. The van der Waals surface area contributed by atoms with Crippen molar-refractivity contribution in [2.45, 2.75) is 0 Å². The Morgan fingerprint density at radius 1 is 0.895 bits per heavy atom. The van der Waals surface area contributed by atoms with Crippen molar-refractivity contribution in [1.82, 2.24) is 4.98 Å². The predicted molar refractivity (Wildman–Crippen MR) is 76.1 cm³/mol. The minimum Gasteiger partial charge on any atom is -0.322 e. The summed E-state index contributed by atoms with van der Waals surface area (Å²) in [7, 11) is 0. The first-order chi connectivity index (χ1) is 9.34. The maximum atomic E-state index is 12.3. The number of para-hydroxylation sites is 2. The molecule has 1 amide bonds. The van der Waals surface area contributed by atoms with Gasteiger partial charge in [0.15, 0.2) is 0 Å². The Bertz CT molecular complexity index is 718. The lowest BCUT2D eigenvalue weighted by Crippen LogP contribution is -2.12. The summed E-state index contributed by atoms with van der Waals surface area (Å²) in [5.41, 5.74) is 2.08. The monoisotopic (exact) mass is 248 g/mol. The summed E-state index contributed by atoms with van der Waals surface area (Å²) in [4.78, 5) is 16.6. The number of rotatable bonds is 2. The molecule has 0 unspecified atom stereocenters. The summed E-state index contributed by atoms with van der Waals surface area (Å²) in [6.07, 6.45) is 1.70. The molecule has 0 saturated carbocycles. The van der Waals surface area contributed by atoms with E-state index in [1.54, 1.807) is 12.3 Å². The molecule has 0 radical (unpaired) electrons. The Kier molecular flexibility index (Phi) is 2.94. The molecule has 0 fully saturated rings. The zero-order valence-electron chi connectivity index (χ0n) is 10.2. The van der Waals surface area contributed by atoms with Crippen molar-refractivity contribution in [2.24, 2.45) is 0 Å². The quantitative estimate of drug-likeness (QED) is 0.754. The van der Waals surface area contributed by atoms with E-state index in [1.165, 1.54) is 0 Å². The van der Waals surface area contributed by atoms with Crippen molar-refractivity contribution in [3.05, 3.63) is 72.4 Å². The minimum absolute atomic E-state index is 0.143. The van der Waals surface area contributed by atoms with Gasteiger partial charge in [-0.1, -0.05) is 36.4 Å². The molecular weight excluding hydrogens is 236 g/mol. The second-order valence-corrected chi connectivity index (χ2v) is 4.20. The van der Waals surface area contributed by atoms with Crippen LogP contribution >= 0.6 is 0 Å². The average molecular weight is 248 g/mol. The van der Waals surface area contributed by atoms with E-state index in [2.05, 4.69) is 10.3 Å². The van der Waals surface area contributed by atoms with Crippen LogP contribution in [0.1, 0.15) is 10.4 Å². The van der Waals surface area contributed by atoms with Gasteiger partial charge in [-0.2, -0.15) is 0 Å². The molecule has 0 aliphatic rings. The van der Waals surface area contributed by atoms with E-state index in [0.29, 0.717) is 5.56 Å². The van der Waals surface area contributed by atoms with E-state index in [4.69, 9.17) is 0 Å². The van der Waals surface area contributed by atoms with E-state index < -0.39 is 0 Å². The smallest absolute Gasteiger partial charge is 0.257 e. The lowest BCUT2D eigenvalue weighted by Gasteiger charge is -2.07. The molecule has 0 aliphatic carbocycles. The highest BCUT2D eigenvalue weighted by atomic mass is 16.1. The van der Waals surface area contributed by atoms with Gasteiger partial charge in [0.2, 0.25) is 0 Å². The van der Waals surface area contributed by atoms with Crippen LogP contribution in [0.15, 0.2) is 66.9 Å². The maximum absolute atomic E-state index is 12.3. The lowest BCUT2D eigenvalue weighted by atomic mass is 10.1. The molecule has 1 N–H and O–H groups in total. The van der Waals surface area contributed by atoms with Crippen molar-refractivity contribution in [1.29, 1.82) is 0 Å². The van der Waals surface area contributed by atoms with Gasteiger partial charge >= 0.3 is 0 Å². The Labute approximate surface area is 110 Å². The number of carbonyl (C=O) groups is 1. The van der Waals surface area contributed by atoms with Gasteiger partial charge in [0.1, 0.15) is 0 Å². The number of hydrogen-bond donors (Lipinski definition) is 1. The van der Waals surface area contributed by atoms with Crippen LogP contribution < -0.4 is 5.32 Å². The van der Waals surface area contributed by atoms with Gasteiger partial charge in [-0.15, -0.1) is 0 Å². The van der Waals surface area contributed by atoms with Gasteiger partial charge in [-0.25, -0.2) is 0 Å². The molecule has 19 heavy (non-hydrogen) atoms. The Morgan fingerprint density at radius 2 is 1.68 bits per heavy atom. The zero-order valence-corrected chi connectivity index (χ0v) is 10.2. The second kappa shape index (κ2) is 4.90. The number of hydrogen-bond acceptors (Lipinski definition) is 2. The molecule has 3 nitrogen and oxygen atoms in total. The van der Waals surface area contributed by atoms with Crippen molar-refractivity contribution in [2.75, 3.05) is 5.32 Å². The number of anilines is 1. The second-order valence-electron chi connectivity index (χ2n) is 4.20. The molecule has 3 rings (SSSR count). The molecule has 1 aromatic heterocycles. The Hall–Kier alpha value is -2.68. The number of amides is 1. The van der Waals surface area contributed by atoms with E-state index in [1.807, 2.05) is 54.6 Å². The van der Waals surface area contributed by atoms with E-state index in [9.17, 15) is 4.79 Å². The summed E-state index contributed by atoms with van der Waals surface area (Å²) in [6, 6.07) is 18.8. The molecule has 0 bridgehead atoms. The largest absolute Gasteiger partial charge is 0.322 e. The first kappa shape index (κ1) is 11.4. The van der Waals surface area contributed by atoms with Gasteiger partial charge < -0.3 is 5.32 Å². The van der Waals surface area contributed by atoms with Gasteiger partial charge in [-0.05, 0) is 24.3 Å². The molecule has 0 atom stereocenters. The van der Waals surface area contributed by atoms with Crippen molar-refractivity contribution in [3.63, 3.8) is 0 Å². The van der Waals surface area contributed by atoms with Gasteiger partial charge in [0.05, 0.1) is 11.1 Å². The lowest BCUT2D eigenvalue weighted by molar-refractivity contribution is 0.102. The minimum atomic E-state index is -0.143. The SMILES string of the molecule is O=C(Nc1ccccc1)c1cccc2cccnc12. The fourth-order valence-electron chi connectivity index (χ4n) is 2.01. The van der Waals surface area contributed by atoms with E-state index >= 15 is 0 Å². The molecular formula is C16H12N2O. The normalized spacial score (nSPS) is 10.3. The standard InChI is InChI=1S/C16H12N2O/c19-16(18-13-8-2-1-3-9-13)14-10-4-6-12-7-5-11-17-15(12)14/h1-11H,(H,18,19). The summed E-state index contributed by atoms with van der Waals surface area (Å²) in [5, 5.41) is 3.83. The highest BCUT2D eigenvalue weighted by molar-refractivity contribution is 6.11. The first-order valence-corrected chi connectivity index (χ1v) is 6.05.